The molecule has 0 radical (unpaired) electrons. The molecule has 0 saturated heterocycles. The Morgan fingerprint density at radius 2 is 1.81 bits per heavy atom. The third-order valence-electron chi connectivity index (χ3n) is 3.64. The number of hydrogen-bond donors (Lipinski definition) is 0. The second-order valence-corrected chi connectivity index (χ2v) is 6.45. The fourth-order valence-electron chi connectivity index (χ4n) is 2.36. The number of aryl methyl sites for hydroxylation is 2. The quantitative estimate of drug-likeness (QED) is 0.862. The molecule has 4 nitrogen and oxygen atoms in total. The van der Waals surface area contributed by atoms with Gasteiger partial charge in [0.25, 0.3) is 0 Å². The van der Waals surface area contributed by atoms with Crippen molar-refractivity contribution in [3.05, 3.63) is 46.1 Å². The van der Waals surface area contributed by atoms with Gasteiger partial charge in [-0.3, -0.25) is 0 Å². The lowest BCUT2D eigenvalue weighted by Gasteiger charge is -2.22. The van der Waals surface area contributed by atoms with Gasteiger partial charge < -0.3 is 4.52 Å². The monoisotopic (exact) mass is 283 g/mol. The van der Waals surface area contributed by atoms with Gasteiger partial charge >= 0.3 is 0 Å². The first-order chi connectivity index (χ1) is 9.81. The summed E-state index contributed by atoms with van der Waals surface area (Å²) in [5.41, 5.74) is 5.19. The van der Waals surface area contributed by atoms with Crippen molar-refractivity contribution in [2.75, 3.05) is 0 Å². The van der Waals surface area contributed by atoms with E-state index in [0.29, 0.717) is 18.1 Å². The van der Waals surface area contributed by atoms with Gasteiger partial charge in [0.05, 0.1) is 6.07 Å². The van der Waals surface area contributed by atoms with Crippen LogP contribution in [0.2, 0.25) is 0 Å². The lowest BCUT2D eigenvalue weighted by molar-refractivity contribution is 0.382. The van der Waals surface area contributed by atoms with Crippen LogP contribution in [0.25, 0.3) is 0 Å². The topological polar surface area (TPSA) is 62.7 Å². The lowest BCUT2D eigenvalue weighted by atomic mass is 9.83. The number of benzene rings is 1. The zero-order valence-electron chi connectivity index (χ0n) is 13.3. The van der Waals surface area contributed by atoms with Gasteiger partial charge in [-0.2, -0.15) is 10.2 Å². The molecule has 0 N–H and O–H groups in total. The minimum absolute atomic E-state index is 0.139. The minimum Gasteiger partial charge on any atom is -0.338 e. The normalized spacial score (nSPS) is 11.4. The second kappa shape index (κ2) is 5.69. The highest BCUT2D eigenvalue weighted by atomic mass is 16.5. The van der Waals surface area contributed by atoms with Crippen molar-refractivity contribution >= 4 is 0 Å². The predicted molar refractivity (Wildman–Crippen MR) is 81.0 cm³/mol. The summed E-state index contributed by atoms with van der Waals surface area (Å²) in [6.45, 7) is 10.9. The molecule has 0 spiro atoms. The van der Waals surface area contributed by atoms with Crippen LogP contribution in [0.1, 0.15) is 54.7 Å². The summed E-state index contributed by atoms with van der Waals surface area (Å²) in [6.07, 6.45) is 0.797. The van der Waals surface area contributed by atoms with Crippen LogP contribution in [0.5, 0.6) is 0 Å². The average Bonchev–Trinajstić information content (AvgIpc) is 2.80. The molecule has 21 heavy (non-hydrogen) atoms. The Labute approximate surface area is 125 Å². The highest BCUT2D eigenvalue weighted by Gasteiger charge is 2.17. The van der Waals surface area contributed by atoms with Crippen LogP contribution >= 0.6 is 0 Å². The Morgan fingerprint density at radius 1 is 1.19 bits per heavy atom. The molecular formula is C17H21N3O. The average molecular weight is 283 g/mol. The van der Waals surface area contributed by atoms with E-state index in [1.807, 2.05) is 6.07 Å². The molecule has 0 aliphatic rings. The predicted octanol–water partition coefficient (Wildman–Crippen LogP) is 3.64. The maximum Gasteiger partial charge on any atom is 0.240 e. The van der Waals surface area contributed by atoms with Crippen molar-refractivity contribution < 1.29 is 4.52 Å². The van der Waals surface area contributed by atoms with Gasteiger partial charge in [0.2, 0.25) is 5.89 Å². The molecule has 2 aromatic rings. The first kappa shape index (κ1) is 15.2. The molecule has 4 heteroatoms. The highest BCUT2D eigenvalue weighted by Crippen LogP contribution is 2.27. The van der Waals surface area contributed by atoms with Crippen molar-refractivity contribution in [2.24, 2.45) is 0 Å². The van der Waals surface area contributed by atoms with Crippen LogP contribution < -0.4 is 0 Å². The van der Waals surface area contributed by atoms with Crippen LogP contribution in [0, 0.1) is 25.2 Å². The molecule has 0 atom stereocenters. The summed E-state index contributed by atoms with van der Waals surface area (Å²) in [6, 6.07) is 6.48. The molecule has 2 rings (SSSR count). The van der Waals surface area contributed by atoms with Gasteiger partial charge in [-0.05, 0) is 41.5 Å². The van der Waals surface area contributed by atoms with Gasteiger partial charge in [-0.15, -0.1) is 0 Å². The van der Waals surface area contributed by atoms with Crippen molar-refractivity contribution in [1.29, 1.82) is 5.26 Å². The number of aromatic nitrogens is 2. The van der Waals surface area contributed by atoms with Crippen molar-refractivity contribution in [3.63, 3.8) is 0 Å². The van der Waals surface area contributed by atoms with E-state index in [4.69, 9.17) is 9.78 Å². The van der Waals surface area contributed by atoms with Crippen LogP contribution in [0.4, 0.5) is 0 Å². The maximum absolute atomic E-state index is 8.64. The van der Waals surface area contributed by atoms with Gasteiger partial charge in [0, 0.05) is 6.42 Å². The molecule has 0 fully saturated rings. The Hall–Kier alpha value is -2.15. The summed E-state index contributed by atoms with van der Waals surface area (Å²) >= 11 is 0. The van der Waals surface area contributed by atoms with Gasteiger partial charge in [-0.1, -0.05) is 38.1 Å². The molecule has 110 valence electrons. The van der Waals surface area contributed by atoms with Crippen molar-refractivity contribution in [2.45, 2.75) is 52.9 Å². The van der Waals surface area contributed by atoms with E-state index >= 15 is 0 Å². The largest absolute Gasteiger partial charge is 0.338 e. The Morgan fingerprint density at radius 3 is 2.33 bits per heavy atom. The van der Waals surface area contributed by atoms with E-state index in [1.54, 1.807) is 0 Å². The molecule has 0 saturated carbocycles. The number of rotatable bonds is 3. The molecular weight excluding hydrogens is 262 g/mol. The van der Waals surface area contributed by atoms with Gasteiger partial charge in [-0.25, -0.2) is 0 Å². The number of nitriles is 1. The number of nitrogens with zero attached hydrogens (tertiary/aromatic N) is 3. The summed E-state index contributed by atoms with van der Waals surface area (Å²) in [4.78, 5) is 4.25. The Bertz CT molecular complexity index is 664. The molecule has 0 bridgehead atoms. The maximum atomic E-state index is 8.64. The smallest absolute Gasteiger partial charge is 0.240 e. The van der Waals surface area contributed by atoms with Crippen LogP contribution in [-0.2, 0) is 18.3 Å². The standard InChI is InChI=1S/C17H21N3O/c1-11-8-13(17(3,4)5)9-12(2)14(11)10-15-19-16(6-7-18)21-20-15/h8-9H,6,10H2,1-5H3. The molecule has 0 unspecified atom stereocenters. The molecule has 1 heterocycles. The fourth-order valence-corrected chi connectivity index (χ4v) is 2.36. The summed E-state index contributed by atoms with van der Waals surface area (Å²) < 4.78 is 5.05. The Balaban J connectivity index is 2.30. The Kier molecular flexibility index (Phi) is 4.13. The van der Waals surface area contributed by atoms with E-state index in [0.717, 1.165) is 0 Å². The van der Waals surface area contributed by atoms with Gasteiger partial charge in [0.1, 0.15) is 6.42 Å². The van der Waals surface area contributed by atoms with E-state index in [1.165, 1.54) is 22.3 Å². The van der Waals surface area contributed by atoms with Crippen molar-refractivity contribution in [3.8, 4) is 6.07 Å². The van der Waals surface area contributed by atoms with E-state index in [2.05, 4.69) is 56.9 Å². The van der Waals surface area contributed by atoms with E-state index in [-0.39, 0.29) is 11.8 Å². The third-order valence-corrected chi connectivity index (χ3v) is 3.64. The summed E-state index contributed by atoms with van der Waals surface area (Å²) in [5.74, 6) is 1.02. The van der Waals surface area contributed by atoms with E-state index in [9.17, 15) is 0 Å². The zero-order valence-corrected chi connectivity index (χ0v) is 13.3. The van der Waals surface area contributed by atoms with Crippen LogP contribution in [0.3, 0.4) is 0 Å². The zero-order chi connectivity index (χ0) is 15.6. The second-order valence-electron chi connectivity index (χ2n) is 6.45. The number of hydrogen-bond acceptors (Lipinski definition) is 4. The molecule has 0 amide bonds. The first-order valence-electron chi connectivity index (χ1n) is 7.10. The summed E-state index contributed by atoms with van der Waals surface area (Å²) in [5, 5.41) is 12.6. The van der Waals surface area contributed by atoms with Crippen molar-refractivity contribution in [1.82, 2.24) is 10.1 Å². The summed E-state index contributed by atoms with van der Waals surface area (Å²) in [7, 11) is 0. The molecule has 0 aliphatic heterocycles. The first-order valence-corrected chi connectivity index (χ1v) is 7.10. The fraction of sp³-hybridized carbons (Fsp3) is 0.471. The minimum atomic E-state index is 0.139. The van der Waals surface area contributed by atoms with Gasteiger partial charge in [0.15, 0.2) is 5.82 Å². The third kappa shape index (κ3) is 3.49. The van der Waals surface area contributed by atoms with Crippen LogP contribution in [0.15, 0.2) is 16.7 Å². The molecule has 0 aliphatic carbocycles. The lowest BCUT2D eigenvalue weighted by Crippen LogP contribution is -2.12. The molecule has 1 aromatic carbocycles. The molecule has 1 aromatic heterocycles. The highest BCUT2D eigenvalue weighted by molar-refractivity contribution is 5.41. The van der Waals surface area contributed by atoms with Crippen LogP contribution in [-0.4, -0.2) is 10.1 Å². The SMILES string of the molecule is Cc1cc(C(C)(C)C)cc(C)c1Cc1noc(CC#N)n1. The van der Waals surface area contributed by atoms with E-state index < -0.39 is 0 Å².